The Morgan fingerprint density at radius 1 is 1.75 bits per heavy atom. The van der Waals surface area contributed by atoms with E-state index in [0.717, 1.165) is 13.0 Å². The molecule has 1 saturated heterocycles. The summed E-state index contributed by atoms with van der Waals surface area (Å²) in [5.41, 5.74) is 0. The van der Waals surface area contributed by atoms with Gasteiger partial charge in [0, 0.05) is 13.0 Å². The van der Waals surface area contributed by atoms with E-state index in [1.165, 1.54) is 0 Å². The fourth-order valence-corrected chi connectivity index (χ4v) is 1.13. The van der Waals surface area contributed by atoms with Gasteiger partial charge in [0.05, 0.1) is 12.2 Å². The van der Waals surface area contributed by atoms with Gasteiger partial charge in [-0.25, -0.2) is 0 Å². The van der Waals surface area contributed by atoms with Gasteiger partial charge in [0.2, 0.25) is 0 Å². The van der Waals surface area contributed by atoms with E-state index in [4.69, 9.17) is 8.92 Å². The van der Waals surface area contributed by atoms with Gasteiger partial charge >= 0.3 is 0 Å². The van der Waals surface area contributed by atoms with E-state index >= 15 is 0 Å². The average molecular weight is 134 g/mol. The lowest BCUT2D eigenvalue weighted by molar-refractivity contribution is 0.0775. The summed E-state index contributed by atoms with van der Waals surface area (Å²) in [4.78, 5) is 0. The monoisotopic (exact) mass is 134 g/mol. The van der Waals surface area contributed by atoms with Crippen LogP contribution in [-0.4, -0.2) is 18.8 Å². The summed E-state index contributed by atoms with van der Waals surface area (Å²) < 4.78 is 9.98. The molecule has 0 aromatic heterocycles. The third-order valence-electron chi connectivity index (χ3n) is 1.44. The second kappa shape index (κ2) is 2.71. The van der Waals surface area contributed by atoms with Crippen molar-refractivity contribution < 1.29 is 8.92 Å². The summed E-state index contributed by atoms with van der Waals surface area (Å²) in [6.07, 6.45) is 1.41. The van der Waals surface area contributed by atoms with Crippen molar-refractivity contribution >= 4 is 12.9 Å². The number of hydrogen-bond donors (Lipinski definition) is 1. The first-order valence-electron chi connectivity index (χ1n) is 2.76. The lowest BCUT2D eigenvalue weighted by atomic mass is 10.2. The van der Waals surface area contributed by atoms with Crippen LogP contribution in [0.2, 0.25) is 0 Å². The number of thiol groups is 1. The summed E-state index contributed by atoms with van der Waals surface area (Å²) in [6, 6.07) is 0. The van der Waals surface area contributed by atoms with Gasteiger partial charge in [-0.3, -0.25) is 0 Å². The first-order valence-corrected chi connectivity index (χ1v) is 3.13. The minimum atomic E-state index is 0.207. The molecule has 3 heteroatoms. The van der Waals surface area contributed by atoms with E-state index < -0.39 is 0 Å². The molecule has 1 rings (SSSR count). The van der Waals surface area contributed by atoms with Crippen molar-refractivity contribution in [3.05, 3.63) is 0 Å². The third-order valence-corrected chi connectivity index (χ3v) is 1.71. The molecule has 0 bridgehead atoms. The lowest BCUT2D eigenvalue weighted by Gasteiger charge is -2.08. The quantitative estimate of drug-likeness (QED) is 0.426. The predicted molar refractivity (Wildman–Crippen MR) is 33.9 cm³/mol. The highest BCUT2D eigenvalue weighted by Crippen LogP contribution is 2.16. The van der Waals surface area contributed by atoms with Gasteiger partial charge < -0.3 is 8.92 Å². The molecule has 8 heavy (non-hydrogen) atoms. The Kier molecular flexibility index (Phi) is 2.16. The Morgan fingerprint density at radius 3 is 2.75 bits per heavy atom. The zero-order valence-corrected chi connectivity index (χ0v) is 5.73. The van der Waals surface area contributed by atoms with E-state index in [2.05, 4.69) is 12.9 Å². The molecule has 1 fully saturated rings. The fraction of sp³-hybridized carbons (Fsp3) is 1.00. The van der Waals surface area contributed by atoms with Crippen LogP contribution in [-0.2, 0) is 8.92 Å². The van der Waals surface area contributed by atoms with Crippen molar-refractivity contribution in [2.24, 2.45) is 0 Å². The summed E-state index contributed by atoms with van der Waals surface area (Å²) in [7, 11) is 0. The molecule has 1 aliphatic rings. The Bertz CT molecular complexity index is 76.8. The summed E-state index contributed by atoms with van der Waals surface area (Å²) in [5, 5.41) is 0. The van der Waals surface area contributed by atoms with Gasteiger partial charge in [0.15, 0.2) is 0 Å². The molecule has 0 radical (unpaired) electrons. The normalized spacial score (nSPS) is 38.2. The molecular weight excluding hydrogens is 124 g/mol. The average Bonchev–Trinajstić information content (AvgIpc) is 2.14. The van der Waals surface area contributed by atoms with Crippen LogP contribution in [0.4, 0.5) is 0 Å². The van der Waals surface area contributed by atoms with Crippen LogP contribution >= 0.6 is 12.9 Å². The molecule has 1 heterocycles. The van der Waals surface area contributed by atoms with Gasteiger partial charge in [0.25, 0.3) is 0 Å². The summed E-state index contributed by atoms with van der Waals surface area (Å²) >= 11 is 3.70. The standard InChI is InChI=1S/C5H10O2S/c1-4-5(7-8)2-3-6-4/h4-5,8H,2-3H2,1H3. The van der Waals surface area contributed by atoms with Gasteiger partial charge in [-0.05, 0) is 19.8 Å². The van der Waals surface area contributed by atoms with Crippen LogP contribution in [0.15, 0.2) is 0 Å². The Morgan fingerprint density at radius 2 is 2.50 bits per heavy atom. The number of rotatable bonds is 1. The van der Waals surface area contributed by atoms with E-state index in [-0.39, 0.29) is 12.2 Å². The summed E-state index contributed by atoms with van der Waals surface area (Å²) in [6.45, 7) is 2.81. The van der Waals surface area contributed by atoms with Crippen molar-refractivity contribution in [1.29, 1.82) is 0 Å². The van der Waals surface area contributed by atoms with Crippen molar-refractivity contribution in [1.82, 2.24) is 0 Å². The highest BCUT2D eigenvalue weighted by molar-refractivity contribution is 7.75. The molecule has 0 aromatic rings. The molecule has 0 aliphatic carbocycles. The molecule has 48 valence electrons. The molecule has 1 aliphatic heterocycles. The lowest BCUT2D eigenvalue weighted by Crippen LogP contribution is -2.16. The van der Waals surface area contributed by atoms with Crippen LogP contribution in [0, 0.1) is 0 Å². The third kappa shape index (κ3) is 1.16. The maximum Gasteiger partial charge on any atom is 0.0999 e. The van der Waals surface area contributed by atoms with Gasteiger partial charge in [-0.1, -0.05) is 0 Å². The van der Waals surface area contributed by atoms with Crippen LogP contribution in [0.5, 0.6) is 0 Å². The summed E-state index contributed by atoms with van der Waals surface area (Å²) in [5.74, 6) is 0. The molecule has 0 amide bonds. The highest BCUT2D eigenvalue weighted by Gasteiger charge is 2.23. The zero-order chi connectivity index (χ0) is 5.98. The number of ether oxygens (including phenoxy) is 1. The maximum absolute atomic E-state index is 5.18. The van der Waals surface area contributed by atoms with E-state index in [1.807, 2.05) is 6.92 Å². The molecule has 2 atom stereocenters. The predicted octanol–water partition coefficient (Wildman–Crippen LogP) is 1.03. The fourth-order valence-electron chi connectivity index (χ4n) is 0.851. The molecule has 0 spiro atoms. The first-order chi connectivity index (χ1) is 3.84. The van der Waals surface area contributed by atoms with Gasteiger partial charge in [0.1, 0.15) is 0 Å². The topological polar surface area (TPSA) is 18.5 Å². The van der Waals surface area contributed by atoms with Crippen molar-refractivity contribution in [2.45, 2.75) is 25.6 Å². The minimum absolute atomic E-state index is 0.207. The second-order valence-corrected chi connectivity index (χ2v) is 2.22. The second-order valence-electron chi connectivity index (χ2n) is 2.01. The van der Waals surface area contributed by atoms with Crippen molar-refractivity contribution in [3.63, 3.8) is 0 Å². The van der Waals surface area contributed by atoms with Crippen LogP contribution in [0.25, 0.3) is 0 Å². The Labute approximate surface area is 54.8 Å². The molecule has 0 aromatic carbocycles. The van der Waals surface area contributed by atoms with Gasteiger partial charge in [-0.15, -0.1) is 0 Å². The zero-order valence-electron chi connectivity index (χ0n) is 4.83. The maximum atomic E-state index is 5.18. The molecule has 0 N–H and O–H groups in total. The molecule has 0 saturated carbocycles. The molecular formula is C5H10O2S. The van der Waals surface area contributed by atoms with E-state index in [9.17, 15) is 0 Å². The van der Waals surface area contributed by atoms with E-state index in [1.54, 1.807) is 0 Å². The van der Waals surface area contributed by atoms with Crippen LogP contribution in [0.3, 0.4) is 0 Å². The SMILES string of the molecule is CC1OCCC1OS. The highest BCUT2D eigenvalue weighted by atomic mass is 32.1. The smallest absolute Gasteiger partial charge is 0.0999 e. The molecule has 2 unspecified atom stereocenters. The first kappa shape index (κ1) is 6.39. The van der Waals surface area contributed by atoms with Gasteiger partial charge in [-0.2, -0.15) is 0 Å². The minimum Gasteiger partial charge on any atom is -0.376 e. The molecule has 2 nitrogen and oxygen atoms in total. The largest absolute Gasteiger partial charge is 0.376 e. The van der Waals surface area contributed by atoms with Crippen LogP contribution in [0.1, 0.15) is 13.3 Å². The Balaban J connectivity index is 2.30. The van der Waals surface area contributed by atoms with E-state index in [0.29, 0.717) is 0 Å². The number of hydrogen-bond acceptors (Lipinski definition) is 3. The van der Waals surface area contributed by atoms with Crippen molar-refractivity contribution in [3.8, 4) is 0 Å². The Hall–Kier alpha value is 0.270. The van der Waals surface area contributed by atoms with Crippen molar-refractivity contribution in [2.75, 3.05) is 6.61 Å². The van der Waals surface area contributed by atoms with Crippen LogP contribution < -0.4 is 0 Å².